The third-order valence-corrected chi connectivity index (χ3v) is 4.33. The quantitative estimate of drug-likeness (QED) is 0.934. The van der Waals surface area contributed by atoms with E-state index in [1.54, 1.807) is 7.11 Å². The predicted molar refractivity (Wildman–Crippen MR) is 87.9 cm³/mol. The molecule has 0 spiro atoms. The zero-order chi connectivity index (χ0) is 14.7. The fraction of sp³-hybridized carbons (Fsp3) is 0.444. The summed E-state index contributed by atoms with van der Waals surface area (Å²) in [6.07, 6.45) is 2.58. The van der Waals surface area contributed by atoms with E-state index >= 15 is 0 Å². The second-order valence-electron chi connectivity index (χ2n) is 6.03. The first-order chi connectivity index (χ1) is 10.2. The average molecular weight is 284 g/mol. The van der Waals surface area contributed by atoms with E-state index in [-0.39, 0.29) is 0 Å². The number of piperidine rings is 1. The normalized spacial score (nSPS) is 19.8. The molecule has 0 radical (unpaired) electrons. The molecule has 2 aromatic carbocycles. The molecule has 0 bridgehead atoms. The van der Waals surface area contributed by atoms with Crippen LogP contribution in [-0.2, 0) is 6.54 Å². The van der Waals surface area contributed by atoms with Crippen molar-refractivity contribution in [2.24, 2.45) is 0 Å². The highest BCUT2D eigenvalue weighted by Gasteiger charge is 2.16. The van der Waals surface area contributed by atoms with E-state index in [1.165, 1.54) is 35.7 Å². The summed E-state index contributed by atoms with van der Waals surface area (Å²) >= 11 is 0. The molecule has 1 fully saturated rings. The molecule has 3 heteroatoms. The summed E-state index contributed by atoms with van der Waals surface area (Å²) in [6.45, 7) is 3.33. The standard InChI is InChI=1S/C18H24N2O/c1-20-9-3-4-17(13-20)19-12-14-5-6-16-11-18(21-2)8-7-15(16)10-14/h5-8,10-11,17,19H,3-4,9,12-13H2,1-2H3. The number of nitrogens with zero attached hydrogens (tertiary/aromatic N) is 1. The van der Waals surface area contributed by atoms with Gasteiger partial charge in [-0.15, -0.1) is 0 Å². The summed E-state index contributed by atoms with van der Waals surface area (Å²) in [5, 5.41) is 6.20. The van der Waals surface area contributed by atoms with Gasteiger partial charge in [-0.2, -0.15) is 0 Å². The molecule has 3 nitrogen and oxygen atoms in total. The number of hydrogen-bond donors (Lipinski definition) is 1. The van der Waals surface area contributed by atoms with E-state index in [9.17, 15) is 0 Å². The van der Waals surface area contributed by atoms with Gasteiger partial charge in [-0.25, -0.2) is 0 Å². The maximum Gasteiger partial charge on any atom is 0.119 e. The lowest BCUT2D eigenvalue weighted by atomic mass is 10.0. The van der Waals surface area contributed by atoms with Crippen LogP contribution in [0.4, 0.5) is 0 Å². The van der Waals surface area contributed by atoms with Crippen molar-refractivity contribution in [2.45, 2.75) is 25.4 Å². The van der Waals surface area contributed by atoms with Crippen molar-refractivity contribution in [1.82, 2.24) is 10.2 Å². The molecule has 1 aliphatic heterocycles. The Morgan fingerprint density at radius 1 is 1.19 bits per heavy atom. The SMILES string of the molecule is COc1ccc2cc(CNC3CCCN(C)C3)ccc2c1. The van der Waals surface area contributed by atoms with Gasteiger partial charge >= 0.3 is 0 Å². The van der Waals surface area contributed by atoms with Crippen molar-refractivity contribution in [3.63, 3.8) is 0 Å². The smallest absolute Gasteiger partial charge is 0.119 e. The van der Waals surface area contributed by atoms with Crippen molar-refractivity contribution in [3.05, 3.63) is 42.0 Å². The van der Waals surface area contributed by atoms with Gasteiger partial charge in [0.15, 0.2) is 0 Å². The number of hydrogen-bond acceptors (Lipinski definition) is 3. The van der Waals surface area contributed by atoms with Crippen LogP contribution in [0.3, 0.4) is 0 Å². The summed E-state index contributed by atoms with van der Waals surface area (Å²) in [6, 6.07) is 13.5. The van der Waals surface area contributed by atoms with Crippen LogP contribution >= 0.6 is 0 Å². The number of methoxy groups -OCH3 is 1. The second kappa shape index (κ2) is 6.46. The molecule has 0 aliphatic carbocycles. The molecule has 1 heterocycles. The molecule has 1 unspecified atom stereocenters. The summed E-state index contributed by atoms with van der Waals surface area (Å²) in [4.78, 5) is 2.41. The molecular weight excluding hydrogens is 260 g/mol. The van der Waals surface area contributed by atoms with E-state index in [2.05, 4.69) is 47.6 Å². The third-order valence-electron chi connectivity index (χ3n) is 4.33. The third kappa shape index (κ3) is 3.55. The van der Waals surface area contributed by atoms with Gasteiger partial charge in [-0.3, -0.25) is 0 Å². The first-order valence-corrected chi connectivity index (χ1v) is 7.73. The minimum absolute atomic E-state index is 0.621. The Kier molecular flexibility index (Phi) is 4.42. The Morgan fingerprint density at radius 2 is 2.00 bits per heavy atom. The molecule has 1 saturated heterocycles. The van der Waals surface area contributed by atoms with Gasteiger partial charge in [0.05, 0.1) is 7.11 Å². The molecule has 3 rings (SSSR count). The van der Waals surface area contributed by atoms with Crippen molar-refractivity contribution < 1.29 is 4.74 Å². The zero-order valence-corrected chi connectivity index (χ0v) is 12.9. The molecule has 2 aromatic rings. The fourth-order valence-corrected chi connectivity index (χ4v) is 3.11. The second-order valence-corrected chi connectivity index (χ2v) is 6.03. The number of rotatable bonds is 4. The molecule has 1 N–H and O–H groups in total. The molecule has 112 valence electrons. The Morgan fingerprint density at radius 3 is 2.81 bits per heavy atom. The summed E-state index contributed by atoms with van der Waals surface area (Å²) in [5.74, 6) is 0.915. The van der Waals surface area contributed by atoms with Gasteiger partial charge in [0.2, 0.25) is 0 Å². The van der Waals surface area contributed by atoms with Gasteiger partial charge in [-0.1, -0.05) is 18.2 Å². The Balaban J connectivity index is 1.67. The van der Waals surface area contributed by atoms with E-state index < -0.39 is 0 Å². The number of benzene rings is 2. The summed E-state index contributed by atoms with van der Waals surface area (Å²) in [5.41, 5.74) is 1.35. The number of fused-ring (bicyclic) bond motifs is 1. The first-order valence-electron chi connectivity index (χ1n) is 7.73. The lowest BCUT2D eigenvalue weighted by molar-refractivity contribution is 0.226. The van der Waals surface area contributed by atoms with Gasteiger partial charge < -0.3 is 15.0 Å². The molecular formula is C18H24N2O. The Bertz CT molecular complexity index is 611. The topological polar surface area (TPSA) is 24.5 Å². The lowest BCUT2D eigenvalue weighted by Crippen LogP contribution is -2.43. The van der Waals surface area contributed by atoms with Gasteiger partial charge in [0.25, 0.3) is 0 Å². The average Bonchev–Trinajstić information content (AvgIpc) is 2.52. The van der Waals surface area contributed by atoms with E-state index in [0.29, 0.717) is 6.04 Å². The van der Waals surface area contributed by atoms with Crippen molar-refractivity contribution in [1.29, 1.82) is 0 Å². The maximum absolute atomic E-state index is 5.27. The minimum atomic E-state index is 0.621. The van der Waals surface area contributed by atoms with Crippen LogP contribution in [0.15, 0.2) is 36.4 Å². The number of likely N-dealkylation sites (N-methyl/N-ethyl adjacent to an activating group) is 1. The Labute approximate surface area is 126 Å². The Hall–Kier alpha value is -1.58. The van der Waals surface area contributed by atoms with Crippen LogP contribution in [0, 0.1) is 0 Å². The summed E-state index contributed by atoms with van der Waals surface area (Å²) < 4.78 is 5.27. The van der Waals surface area contributed by atoms with Crippen molar-refractivity contribution in [3.8, 4) is 5.75 Å². The van der Waals surface area contributed by atoms with Crippen molar-refractivity contribution >= 4 is 10.8 Å². The van der Waals surface area contributed by atoms with Crippen LogP contribution in [0.2, 0.25) is 0 Å². The van der Waals surface area contributed by atoms with E-state index in [0.717, 1.165) is 18.8 Å². The lowest BCUT2D eigenvalue weighted by Gasteiger charge is -2.30. The largest absolute Gasteiger partial charge is 0.497 e. The summed E-state index contributed by atoms with van der Waals surface area (Å²) in [7, 11) is 3.91. The van der Waals surface area contributed by atoms with Crippen LogP contribution in [-0.4, -0.2) is 38.2 Å². The predicted octanol–water partition coefficient (Wildman–Crippen LogP) is 3.03. The molecule has 0 aromatic heterocycles. The van der Waals surface area contributed by atoms with Gasteiger partial charge in [0, 0.05) is 19.1 Å². The maximum atomic E-state index is 5.27. The highest BCUT2D eigenvalue weighted by atomic mass is 16.5. The van der Waals surface area contributed by atoms with Gasteiger partial charge in [0.1, 0.15) is 5.75 Å². The number of likely N-dealkylation sites (tertiary alicyclic amines) is 1. The van der Waals surface area contributed by atoms with Crippen LogP contribution in [0.5, 0.6) is 5.75 Å². The highest BCUT2D eigenvalue weighted by Crippen LogP contribution is 2.22. The number of ether oxygens (including phenoxy) is 1. The molecule has 1 atom stereocenters. The molecule has 0 saturated carbocycles. The van der Waals surface area contributed by atoms with Crippen molar-refractivity contribution in [2.75, 3.05) is 27.2 Å². The van der Waals surface area contributed by atoms with Crippen LogP contribution in [0.1, 0.15) is 18.4 Å². The zero-order valence-electron chi connectivity index (χ0n) is 12.9. The number of nitrogens with one attached hydrogen (secondary N) is 1. The first kappa shape index (κ1) is 14.4. The van der Waals surface area contributed by atoms with E-state index in [1.807, 2.05) is 6.07 Å². The fourth-order valence-electron chi connectivity index (χ4n) is 3.11. The van der Waals surface area contributed by atoms with E-state index in [4.69, 9.17) is 4.74 Å². The molecule has 0 amide bonds. The van der Waals surface area contributed by atoms with Crippen LogP contribution in [0.25, 0.3) is 10.8 Å². The molecule has 1 aliphatic rings. The minimum Gasteiger partial charge on any atom is -0.497 e. The van der Waals surface area contributed by atoms with Gasteiger partial charge in [-0.05, 0) is 61.0 Å². The highest BCUT2D eigenvalue weighted by molar-refractivity contribution is 5.84. The van der Waals surface area contributed by atoms with Crippen LogP contribution < -0.4 is 10.1 Å². The monoisotopic (exact) mass is 284 g/mol. The molecule has 21 heavy (non-hydrogen) atoms.